The highest BCUT2D eigenvalue weighted by Gasteiger charge is 2.16. The first-order chi connectivity index (χ1) is 15.0. The van der Waals surface area contributed by atoms with Gasteiger partial charge in [-0.1, -0.05) is 49.1 Å². The van der Waals surface area contributed by atoms with Crippen molar-refractivity contribution in [1.29, 1.82) is 0 Å². The number of anilines is 2. The van der Waals surface area contributed by atoms with Gasteiger partial charge < -0.3 is 15.1 Å². The molecule has 31 heavy (non-hydrogen) atoms. The second kappa shape index (κ2) is 11.3. The van der Waals surface area contributed by atoms with E-state index in [2.05, 4.69) is 40.1 Å². The van der Waals surface area contributed by atoms with E-state index >= 15 is 0 Å². The molecule has 0 aliphatic heterocycles. The molecule has 0 atom stereocenters. The van der Waals surface area contributed by atoms with Crippen LogP contribution in [0.1, 0.15) is 29.8 Å². The third-order valence-corrected chi connectivity index (χ3v) is 7.04. The van der Waals surface area contributed by atoms with Crippen molar-refractivity contribution in [3.05, 3.63) is 59.9 Å². The van der Waals surface area contributed by atoms with Crippen molar-refractivity contribution in [2.75, 3.05) is 38.5 Å². The summed E-state index contributed by atoms with van der Waals surface area (Å²) < 4.78 is 1.05. The van der Waals surface area contributed by atoms with Crippen molar-refractivity contribution in [3.63, 3.8) is 0 Å². The second-order valence-electron chi connectivity index (χ2n) is 7.16. The number of aryl methyl sites for hydroxylation is 1. The van der Waals surface area contributed by atoms with Crippen LogP contribution in [0.25, 0.3) is 0 Å². The summed E-state index contributed by atoms with van der Waals surface area (Å²) in [6.07, 6.45) is 3.59. The van der Waals surface area contributed by atoms with Gasteiger partial charge in [0.2, 0.25) is 0 Å². The molecule has 3 rings (SSSR count). The molecule has 8 heteroatoms. The van der Waals surface area contributed by atoms with Gasteiger partial charge in [0.25, 0.3) is 5.91 Å². The highest BCUT2D eigenvalue weighted by atomic mass is 32.2. The first kappa shape index (κ1) is 23.2. The summed E-state index contributed by atoms with van der Waals surface area (Å²) in [5.41, 5.74) is 1.74. The molecular weight excluding hydrogens is 426 g/mol. The fraction of sp³-hybridized carbons (Fsp3) is 0.348. The lowest BCUT2D eigenvalue weighted by Gasteiger charge is -2.24. The molecule has 6 nitrogen and oxygen atoms in total. The smallest absolute Gasteiger partial charge is 0.253 e. The Kier molecular flexibility index (Phi) is 8.45. The van der Waals surface area contributed by atoms with E-state index < -0.39 is 0 Å². The first-order valence-corrected chi connectivity index (χ1v) is 12.0. The van der Waals surface area contributed by atoms with Gasteiger partial charge in [-0.05, 0) is 49.8 Å². The molecule has 0 radical (unpaired) electrons. The Bertz CT molecular complexity index is 989. The molecular formula is C23H29N5OS2. The van der Waals surface area contributed by atoms with Crippen LogP contribution in [0, 0.1) is 6.92 Å². The van der Waals surface area contributed by atoms with Crippen molar-refractivity contribution in [3.8, 4) is 0 Å². The van der Waals surface area contributed by atoms with Crippen molar-refractivity contribution >= 4 is 40.0 Å². The zero-order valence-corrected chi connectivity index (χ0v) is 20.1. The van der Waals surface area contributed by atoms with E-state index in [-0.39, 0.29) is 5.91 Å². The number of amides is 1. The largest absolute Gasteiger partial charge is 0.340 e. The Morgan fingerprint density at radius 2 is 1.94 bits per heavy atom. The minimum Gasteiger partial charge on any atom is -0.340 e. The fourth-order valence-corrected chi connectivity index (χ4v) is 4.96. The summed E-state index contributed by atoms with van der Waals surface area (Å²) in [5, 5.41) is 4.01. The van der Waals surface area contributed by atoms with Crippen LogP contribution in [0.4, 0.5) is 10.9 Å². The Morgan fingerprint density at radius 1 is 1.13 bits per heavy atom. The highest BCUT2D eigenvalue weighted by Crippen LogP contribution is 2.35. The fourth-order valence-electron chi connectivity index (χ4n) is 3.06. The van der Waals surface area contributed by atoms with Crippen LogP contribution >= 0.6 is 23.1 Å². The standard InChI is InChI=1S/C23H29N5OS2/c1-5-28(6-2)14-13-27(4)22(29)19-15-18(11-10-17(19)3)30-21-16-25-23(31-21)26-20-9-7-8-12-24-20/h7-12,15-16H,5-6,13-14H2,1-4H3,(H,24,25,26). The number of pyridine rings is 1. The van der Waals surface area contributed by atoms with Gasteiger partial charge in [-0.3, -0.25) is 4.79 Å². The molecule has 1 N–H and O–H groups in total. The van der Waals surface area contributed by atoms with Crippen molar-refractivity contribution in [2.45, 2.75) is 29.9 Å². The van der Waals surface area contributed by atoms with Gasteiger partial charge >= 0.3 is 0 Å². The minimum absolute atomic E-state index is 0.0638. The molecule has 0 spiro atoms. The molecule has 2 heterocycles. The van der Waals surface area contributed by atoms with E-state index in [1.54, 1.807) is 29.3 Å². The molecule has 2 aromatic heterocycles. The molecule has 3 aromatic rings. The van der Waals surface area contributed by atoms with E-state index in [1.807, 2.05) is 55.4 Å². The van der Waals surface area contributed by atoms with Gasteiger partial charge in [-0.25, -0.2) is 9.97 Å². The molecule has 0 saturated heterocycles. The quantitative estimate of drug-likeness (QED) is 0.456. The lowest BCUT2D eigenvalue weighted by molar-refractivity contribution is 0.0779. The van der Waals surface area contributed by atoms with Crippen molar-refractivity contribution < 1.29 is 4.79 Å². The predicted octanol–water partition coefficient (Wildman–Crippen LogP) is 5.16. The van der Waals surface area contributed by atoms with Crippen molar-refractivity contribution in [1.82, 2.24) is 19.8 Å². The molecule has 0 bridgehead atoms. The van der Waals surface area contributed by atoms with Gasteiger partial charge in [0, 0.05) is 36.8 Å². The Labute approximate surface area is 192 Å². The number of benzene rings is 1. The molecule has 164 valence electrons. The predicted molar refractivity (Wildman–Crippen MR) is 130 cm³/mol. The average Bonchev–Trinajstić information content (AvgIpc) is 3.22. The highest BCUT2D eigenvalue weighted by molar-refractivity contribution is 8.01. The molecule has 0 saturated carbocycles. The van der Waals surface area contributed by atoms with Crippen LogP contribution in [-0.2, 0) is 0 Å². The van der Waals surface area contributed by atoms with Crippen LogP contribution in [0.15, 0.2) is 57.9 Å². The lowest BCUT2D eigenvalue weighted by atomic mass is 10.1. The number of carbonyl (C=O) groups excluding carboxylic acids is 1. The summed E-state index contributed by atoms with van der Waals surface area (Å²) in [4.78, 5) is 26.9. The summed E-state index contributed by atoms with van der Waals surface area (Å²) in [7, 11) is 1.88. The topological polar surface area (TPSA) is 61.4 Å². The average molecular weight is 456 g/mol. The van der Waals surface area contributed by atoms with E-state index in [4.69, 9.17) is 0 Å². The molecule has 1 amide bonds. The lowest BCUT2D eigenvalue weighted by Crippen LogP contribution is -2.36. The number of hydrogen-bond acceptors (Lipinski definition) is 7. The summed E-state index contributed by atoms with van der Waals surface area (Å²) in [6, 6.07) is 11.8. The van der Waals surface area contributed by atoms with E-state index in [0.717, 1.165) is 50.8 Å². The maximum atomic E-state index is 13.0. The van der Waals surface area contributed by atoms with Crippen LogP contribution < -0.4 is 5.32 Å². The normalized spacial score (nSPS) is 11.0. The third kappa shape index (κ3) is 6.53. The molecule has 1 aromatic carbocycles. The van der Waals surface area contributed by atoms with Gasteiger partial charge in [-0.15, -0.1) is 0 Å². The summed E-state index contributed by atoms with van der Waals surface area (Å²) in [6.45, 7) is 9.87. The maximum absolute atomic E-state index is 13.0. The molecule has 0 fully saturated rings. The second-order valence-corrected chi connectivity index (χ2v) is 9.56. The van der Waals surface area contributed by atoms with Crippen LogP contribution in [-0.4, -0.2) is 58.9 Å². The van der Waals surface area contributed by atoms with E-state index in [1.165, 1.54) is 0 Å². The molecule has 0 unspecified atom stereocenters. The maximum Gasteiger partial charge on any atom is 0.253 e. The monoisotopic (exact) mass is 455 g/mol. The third-order valence-electron chi connectivity index (χ3n) is 5.04. The molecule has 0 aliphatic carbocycles. The summed E-state index contributed by atoms with van der Waals surface area (Å²) >= 11 is 3.18. The zero-order chi connectivity index (χ0) is 22.2. The number of hydrogen-bond donors (Lipinski definition) is 1. The van der Waals surface area contributed by atoms with Crippen LogP contribution in [0.2, 0.25) is 0 Å². The van der Waals surface area contributed by atoms with E-state index in [0.29, 0.717) is 6.54 Å². The van der Waals surface area contributed by atoms with Crippen molar-refractivity contribution in [2.24, 2.45) is 0 Å². The Morgan fingerprint density at radius 3 is 2.65 bits per heavy atom. The SMILES string of the molecule is CCN(CC)CCN(C)C(=O)c1cc(Sc2cnc(Nc3ccccn3)s2)ccc1C. The van der Waals surface area contributed by atoms with Crippen LogP contribution in [0.3, 0.4) is 0 Å². The van der Waals surface area contributed by atoms with Gasteiger partial charge in [-0.2, -0.15) is 0 Å². The van der Waals surface area contributed by atoms with Gasteiger partial charge in [0.05, 0.1) is 10.4 Å². The first-order valence-electron chi connectivity index (χ1n) is 10.4. The van der Waals surface area contributed by atoms with Gasteiger partial charge in [0.15, 0.2) is 5.13 Å². The Balaban J connectivity index is 1.66. The zero-order valence-electron chi connectivity index (χ0n) is 18.5. The van der Waals surface area contributed by atoms with Gasteiger partial charge in [0.1, 0.15) is 5.82 Å². The van der Waals surface area contributed by atoms with E-state index in [9.17, 15) is 4.79 Å². The number of carbonyl (C=O) groups is 1. The number of thiazole rings is 1. The Hall–Kier alpha value is -2.42. The van der Waals surface area contributed by atoms with Crippen LogP contribution in [0.5, 0.6) is 0 Å². The number of aromatic nitrogens is 2. The summed E-state index contributed by atoms with van der Waals surface area (Å²) in [5.74, 6) is 0.832. The molecule has 0 aliphatic rings. The number of likely N-dealkylation sites (N-methyl/N-ethyl adjacent to an activating group) is 2. The number of nitrogens with one attached hydrogen (secondary N) is 1. The minimum atomic E-state index is 0.0638. The number of nitrogens with zero attached hydrogens (tertiary/aromatic N) is 4. The number of rotatable bonds is 10.